The van der Waals surface area contributed by atoms with Gasteiger partial charge in [-0.2, -0.15) is 0 Å². The molecule has 1 aliphatic rings. The van der Waals surface area contributed by atoms with E-state index in [2.05, 4.69) is 23.6 Å². The molecular formula is C18H30N2O3. The summed E-state index contributed by atoms with van der Waals surface area (Å²) in [5.41, 5.74) is 0. The fraction of sp³-hybridized carbons (Fsp3) is 0.667. The molecule has 0 amide bonds. The Morgan fingerprint density at radius 3 is 1.78 bits per heavy atom. The van der Waals surface area contributed by atoms with Gasteiger partial charge in [0.05, 0.1) is 0 Å². The molecule has 0 aliphatic carbocycles. The smallest absolute Gasteiger partial charge is 0.265 e. The van der Waals surface area contributed by atoms with Gasteiger partial charge >= 0.3 is 0 Å². The summed E-state index contributed by atoms with van der Waals surface area (Å²) in [5, 5.41) is 0. The molecule has 2 unspecified atom stereocenters. The molecule has 0 N–H and O–H groups in total. The zero-order valence-electron chi connectivity index (χ0n) is 14.8. The first-order chi connectivity index (χ1) is 11.1. The van der Waals surface area contributed by atoms with E-state index in [9.17, 15) is 0 Å². The summed E-state index contributed by atoms with van der Waals surface area (Å²) < 4.78 is 18.2. The van der Waals surface area contributed by atoms with Gasteiger partial charge in [0.1, 0.15) is 11.5 Å². The summed E-state index contributed by atoms with van der Waals surface area (Å²) in [5.74, 6) is 1.54. The van der Waals surface area contributed by atoms with Crippen molar-refractivity contribution in [3.05, 3.63) is 24.3 Å². The molecular weight excluding hydrogens is 292 g/mol. The van der Waals surface area contributed by atoms with Gasteiger partial charge < -0.3 is 9.47 Å². The van der Waals surface area contributed by atoms with E-state index in [-0.39, 0.29) is 0 Å². The average Bonchev–Trinajstić information content (AvgIpc) is 2.55. The lowest BCUT2D eigenvalue weighted by Crippen LogP contribution is -2.49. The maximum Gasteiger partial charge on any atom is 0.265 e. The monoisotopic (exact) mass is 322 g/mol. The molecule has 0 fully saturated rings. The Bertz CT molecular complexity index is 432. The van der Waals surface area contributed by atoms with Gasteiger partial charge in [-0.25, -0.2) is 9.80 Å². The number of unbranched alkanes of at least 4 members (excludes halogenated alkanes) is 2. The van der Waals surface area contributed by atoms with Crippen LogP contribution < -0.4 is 9.47 Å². The lowest BCUT2D eigenvalue weighted by Gasteiger charge is -2.36. The Morgan fingerprint density at radius 1 is 0.870 bits per heavy atom. The second kappa shape index (κ2) is 9.11. The van der Waals surface area contributed by atoms with Gasteiger partial charge in [0, 0.05) is 19.2 Å². The van der Waals surface area contributed by atoms with E-state index in [1.165, 1.54) is 0 Å². The summed E-state index contributed by atoms with van der Waals surface area (Å²) >= 11 is 0. The van der Waals surface area contributed by atoms with Crippen molar-refractivity contribution in [3.8, 4) is 11.5 Å². The topological polar surface area (TPSA) is 34.2 Å². The van der Waals surface area contributed by atoms with E-state index in [1.807, 2.05) is 38.4 Å². The number of fused-ring (bicyclic) bond motifs is 2. The Kier molecular flexibility index (Phi) is 7.15. The minimum Gasteiger partial charge on any atom is -0.451 e. The quantitative estimate of drug-likeness (QED) is 0.732. The second-order valence-electron chi connectivity index (χ2n) is 6.13. The lowest BCUT2D eigenvalue weighted by atomic mass is 10.3. The van der Waals surface area contributed by atoms with Crippen molar-refractivity contribution in [1.29, 1.82) is 0 Å². The maximum absolute atomic E-state index is 6.14. The van der Waals surface area contributed by atoms with Crippen LogP contribution in [0, 0.1) is 0 Å². The van der Waals surface area contributed by atoms with E-state index in [1.54, 1.807) is 0 Å². The fourth-order valence-electron chi connectivity index (χ4n) is 2.42. The second-order valence-corrected chi connectivity index (χ2v) is 6.13. The van der Waals surface area contributed by atoms with Crippen LogP contribution in [0.5, 0.6) is 11.5 Å². The number of ether oxygens (including phenoxy) is 3. The van der Waals surface area contributed by atoms with Crippen molar-refractivity contribution in [2.45, 2.75) is 52.4 Å². The van der Waals surface area contributed by atoms with Gasteiger partial charge in [0.15, 0.2) is 0 Å². The molecule has 5 nitrogen and oxygen atoms in total. The first-order valence-electron chi connectivity index (χ1n) is 8.63. The van der Waals surface area contributed by atoms with Gasteiger partial charge in [-0.3, -0.25) is 4.74 Å². The van der Waals surface area contributed by atoms with Crippen molar-refractivity contribution in [2.75, 3.05) is 27.2 Å². The number of hydrogen-bond donors (Lipinski definition) is 0. The summed E-state index contributed by atoms with van der Waals surface area (Å²) in [6.45, 7) is 6.21. The summed E-state index contributed by atoms with van der Waals surface area (Å²) in [4.78, 5) is 4.18. The molecule has 130 valence electrons. The van der Waals surface area contributed by atoms with E-state index >= 15 is 0 Å². The first kappa shape index (κ1) is 18.0. The largest absolute Gasteiger partial charge is 0.451 e. The molecule has 0 saturated carbocycles. The predicted octanol–water partition coefficient (Wildman–Crippen LogP) is 3.51. The molecule has 5 heteroatoms. The van der Waals surface area contributed by atoms with Gasteiger partial charge in [0.25, 0.3) is 12.8 Å². The number of rotatable bonds is 8. The minimum atomic E-state index is -0.453. The van der Waals surface area contributed by atoms with Crippen molar-refractivity contribution >= 4 is 0 Å². The zero-order valence-corrected chi connectivity index (χ0v) is 14.8. The van der Waals surface area contributed by atoms with Gasteiger partial charge in [-0.05, 0) is 39.1 Å². The Balaban J connectivity index is 2.13. The van der Waals surface area contributed by atoms with E-state index in [0.29, 0.717) is 0 Å². The molecule has 0 radical (unpaired) electrons. The fourth-order valence-corrected chi connectivity index (χ4v) is 2.42. The molecule has 23 heavy (non-hydrogen) atoms. The van der Waals surface area contributed by atoms with Crippen molar-refractivity contribution in [3.63, 3.8) is 0 Å². The molecule has 1 aromatic rings. The van der Waals surface area contributed by atoms with Crippen LogP contribution in [0.2, 0.25) is 0 Å². The Morgan fingerprint density at radius 2 is 1.35 bits per heavy atom. The van der Waals surface area contributed by atoms with Crippen LogP contribution >= 0.6 is 0 Å². The molecule has 0 aromatic heterocycles. The van der Waals surface area contributed by atoms with E-state index in [4.69, 9.17) is 14.2 Å². The van der Waals surface area contributed by atoms with Gasteiger partial charge in [0.2, 0.25) is 0 Å². The minimum absolute atomic E-state index is 0.453. The molecule has 2 atom stereocenters. The van der Waals surface area contributed by atoms with Crippen molar-refractivity contribution < 1.29 is 14.2 Å². The van der Waals surface area contributed by atoms with Gasteiger partial charge in [-0.1, -0.05) is 32.8 Å². The van der Waals surface area contributed by atoms with Crippen LogP contribution in [0.25, 0.3) is 0 Å². The first-order valence-corrected chi connectivity index (χ1v) is 8.63. The molecule has 1 aromatic carbocycles. The average molecular weight is 322 g/mol. The number of benzene rings is 1. The lowest BCUT2D eigenvalue weighted by molar-refractivity contribution is -0.282. The van der Waals surface area contributed by atoms with Crippen LogP contribution in [-0.4, -0.2) is 49.8 Å². The third-order valence-corrected chi connectivity index (χ3v) is 3.96. The van der Waals surface area contributed by atoms with Crippen LogP contribution in [0.1, 0.15) is 39.5 Å². The molecule has 1 aliphatic heterocycles. The molecule has 1 heterocycles. The van der Waals surface area contributed by atoms with E-state index < -0.39 is 12.8 Å². The highest BCUT2D eigenvalue weighted by molar-refractivity contribution is 5.33. The maximum atomic E-state index is 6.14. The highest BCUT2D eigenvalue weighted by atomic mass is 16.8. The van der Waals surface area contributed by atoms with Crippen molar-refractivity contribution in [2.24, 2.45) is 0 Å². The van der Waals surface area contributed by atoms with E-state index in [0.717, 1.165) is 50.3 Å². The van der Waals surface area contributed by atoms with Crippen LogP contribution in [0.15, 0.2) is 24.3 Å². The third kappa shape index (κ3) is 5.37. The molecule has 0 spiro atoms. The number of nitrogens with zero attached hydrogens (tertiary/aromatic N) is 2. The predicted molar refractivity (Wildman–Crippen MR) is 91.4 cm³/mol. The molecule has 2 bridgehead atoms. The summed E-state index contributed by atoms with van der Waals surface area (Å²) in [7, 11) is 4.05. The molecule has 2 rings (SSSR count). The summed E-state index contributed by atoms with van der Waals surface area (Å²) in [6, 6.07) is 7.72. The Labute approximate surface area is 140 Å². The van der Waals surface area contributed by atoms with Gasteiger partial charge in [-0.15, -0.1) is 0 Å². The standard InChI is InChI=1S/C18H30N2O3/c1-5-7-12-19(3)17-21-15-10-9-11-16(14-15)22-18(23-17)20(4)13-8-6-2/h9-11,14,17-18H,5-8,12-13H2,1-4H3. The van der Waals surface area contributed by atoms with Crippen molar-refractivity contribution in [1.82, 2.24) is 9.80 Å². The zero-order chi connectivity index (χ0) is 16.7. The SMILES string of the molecule is CCCCN(C)C1Oc2cccc(c2)OC(N(C)CCCC)O1. The van der Waals surface area contributed by atoms with Crippen LogP contribution in [-0.2, 0) is 4.74 Å². The highest BCUT2D eigenvalue weighted by Gasteiger charge is 2.28. The van der Waals surface area contributed by atoms with Crippen LogP contribution in [0.3, 0.4) is 0 Å². The highest BCUT2D eigenvalue weighted by Crippen LogP contribution is 2.26. The molecule has 0 saturated heterocycles. The van der Waals surface area contributed by atoms with Crippen LogP contribution in [0.4, 0.5) is 0 Å². The number of hydrogen-bond acceptors (Lipinski definition) is 5. The summed E-state index contributed by atoms with van der Waals surface area (Å²) in [6.07, 6.45) is 3.59. The normalized spacial score (nSPS) is 20.8. The Hall–Kier alpha value is -1.30. The third-order valence-electron chi connectivity index (χ3n) is 3.96.